The number of benzene rings is 1. The number of carboxylic acid groups (broad SMARTS) is 1. The third-order valence-corrected chi connectivity index (χ3v) is 5.22. The summed E-state index contributed by atoms with van der Waals surface area (Å²) in [5.74, 6) is -1.43. The molecule has 25 heavy (non-hydrogen) atoms. The van der Waals surface area contributed by atoms with Crippen LogP contribution in [0.5, 0.6) is 0 Å². The number of aliphatic carboxylic acids is 1. The van der Waals surface area contributed by atoms with Crippen molar-refractivity contribution in [2.24, 2.45) is 11.3 Å². The lowest BCUT2D eigenvalue weighted by atomic mass is 9.65. The van der Waals surface area contributed by atoms with Gasteiger partial charge in [0.2, 0.25) is 5.91 Å². The molecule has 132 valence electrons. The summed E-state index contributed by atoms with van der Waals surface area (Å²) in [7, 11) is 0. The van der Waals surface area contributed by atoms with E-state index < -0.39 is 12.1 Å². The average Bonchev–Trinajstić information content (AvgIpc) is 2.94. The minimum Gasteiger partial charge on any atom is -0.478 e. The van der Waals surface area contributed by atoms with E-state index in [1.807, 2.05) is 38.1 Å². The number of halogens is 1. The van der Waals surface area contributed by atoms with Gasteiger partial charge in [-0.15, -0.1) is 0 Å². The fraction of sp³-hybridized carbons (Fsp3) is 0.368. The highest BCUT2D eigenvalue weighted by Crippen LogP contribution is 2.45. The Morgan fingerprint density at radius 2 is 2.12 bits per heavy atom. The van der Waals surface area contributed by atoms with E-state index in [1.54, 1.807) is 12.1 Å². The normalized spacial score (nSPS) is 25.2. The van der Waals surface area contributed by atoms with Crippen molar-refractivity contribution in [1.29, 1.82) is 0 Å². The van der Waals surface area contributed by atoms with Gasteiger partial charge >= 0.3 is 5.97 Å². The quantitative estimate of drug-likeness (QED) is 0.862. The van der Waals surface area contributed by atoms with E-state index in [0.29, 0.717) is 11.4 Å². The van der Waals surface area contributed by atoms with E-state index in [0.717, 1.165) is 11.1 Å². The predicted molar refractivity (Wildman–Crippen MR) is 93.9 cm³/mol. The van der Waals surface area contributed by atoms with Crippen LogP contribution >= 0.6 is 11.6 Å². The van der Waals surface area contributed by atoms with Crippen LogP contribution in [0.2, 0.25) is 5.02 Å². The van der Waals surface area contributed by atoms with Crippen LogP contribution in [-0.4, -0.2) is 23.1 Å². The highest BCUT2D eigenvalue weighted by Gasteiger charge is 2.44. The molecule has 6 heteroatoms. The molecule has 2 N–H and O–H groups in total. The molecule has 0 spiro atoms. The van der Waals surface area contributed by atoms with Gasteiger partial charge < -0.3 is 5.11 Å². The van der Waals surface area contributed by atoms with Crippen molar-refractivity contribution < 1.29 is 19.5 Å². The summed E-state index contributed by atoms with van der Waals surface area (Å²) in [6.07, 6.45) is 3.71. The van der Waals surface area contributed by atoms with Gasteiger partial charge in [-0.3, -0.25) is 9.63 Å². The van der Waals surface area contributed by atoms with E-state index in [9.17, 15) is 14.7 Å². The van der Waals surface area contributed by atoms with E-state index in [2.05, 4.69) is 5.48 Å². The van der Waals surface area contributed by atoms with Crippen molar-refractivity contribution in [2.75, 3.05) is 0 Å². The molecule has 2 unspecified atom stereocenters. The summed E-state index contributed by atoms with van der Waals surface area (Å²) in [5, 5.41) is 10.3. The summed E-state index contributed by atoms with van der Waals surface area (Å²) < 4.78 is 0. The van der Waals surface area contributed by atoms with Crippen LogP contribution < -0.4 is 5.48 Å². The van der Waals surface area contributed by atoms with Crippen LogP contribution in [-0.2, 0) is 20.8 Å². The second-order valence-electron chi connectivity index (χ2n) is 7.03. The number of carbonyl (C=O) groups is 2. The van der Waals surface area contributed by atoms with Crippen LogP contribution in [0.3, 0.4) is 0 Å². The standard InChI is InChI=1S/C19H20ClNO4/c1-19(2)8-7-12(18(23)24)13(9-11-5-3-4-6-14(11)20)17(19)15-10-16(22)21-25-15/h3-8,15,17H,9-10H2,1-2H3,(H,21,22)(H,23,24). The fourth-order valence-corrected chi connectivity index (χ4v) is 3.89. The van der Waals surface area contributed by atoms with Gasteiger partial charge in [-0.25, -0.2) is 10.3 Å². The predicted octanol–water partition coefficient (Wildman–Crippen LogP) is 3.30. The molecule has 3 rings (SSSR count). The van der Waals surface area contributed by atoms with Crippen LogP contribution in [0.25, 0.3) is 0 Å². The van der Waals surface area contributed by atoms with E-state index in [4.69, 9.17) is 16.4 Å². The maximum atomic E-state index is 11.8. The van der Waals surface area contributed by atoms with Gasteiger partial charge in [0.25, 0.3) is 0 Å². The van der Waals surface area contributed by atoms with Crippen LogP contribution in [0.4, 0.5) is 0 Å². The molecule has 0 saturated carbocycles. The molecule has 0 bridgehead atoms. The van der Waals surface area contributed by atoms with E-state index in [1.165, 1.54) is 0 Å². The summed E-state index contributed by atoms with van der Waals surface area (Å²) in [4.78, 5) is 28.9. The van der Waals surface area contributed by atoms with Crippen LogP contribution in [0, 0.1) is 11.3 Å². The number of carboxylic acids is 1. The molecule has 2 aliphatic rings. The van der Waals surface area contributed by atoms with Crippen molar-refractivity contribution in [2.45, 2.75) is 32.8 Å². The van der Waals surface area contributed by atoms with Gasteiger partial charge in [0.05, 0.1) is 12.0 Å². The second-order valence-corrected chi connectivity index (χ2v) is 7.44. The average molecular weight is 362 g/mol. The lowest BCUT2D eigenvalue weighted by Gasteiger charge is -2.40. The van der Waals surface area contributed by atoms with Crippen molar-refractivity contribution in [3.8, 4) is 0 Å². The number of nitrogens with one attached hydrogen (secondary N) is 1. The Balaban J connectivity index is 2.08. The van der Waals surface area contributed by atoms with Crippen molar-refractivity contribution in [3.05, 3.63) is 58.1 Å². The minimum absolute atomic E-state index is 0.190. The number of allylic oxidation sites excluding steroid dienone is 1. The Morgan fingerprint density at radius 1 is 1.40 bits per heavy atom. The molecule has 0 radical (unpaired) electrons. The van der Waals surface area contributed by atoms with Crippen molar-refractivity contribution in [1.82, 2.24) is 5.48 Å². The first kappa shape index (κ1) is 17.7. The van der Waals surface area contributed by atoms with Gasteiger partial charge in [0, 0.05) is 10.9 Å². The molecular formula is C19H20ClNO4. The number of rotatable bonds is 4. The van der Waals surface area contributed by atoms with Gasteiger partial charge in [0.1, 0.15) is 6.10 Å². The molecular weight excluding hydrogens is 342 g/mol. The number of amides is 1. The third kappa shape index (κ3) is 3.48. The first-order valence-electron chi connectivity index (χ1n) is 8.13. The molecule has 1 heterocycles. The van der Waals surface area contributed by atoms with Gasteiger partial charge in [-0.1, -0.05) is 55.8 Å². The number of hydrogen-bond donors (Lipinski definition) is 2. The highest BCUT2D eigenvalue weighted by atomic mass is 35.5. The molecule has 1 aromatic carbocycles. The second kappa shape index (κ2) is 6.65. The summed E-state index contributed by atoms with van der Waals surface area (Å²) in [6.45, 7) is 4.04. The maximum Gasteiger partial charge on any atom is 0.335 e. The molecule has 1 aliphatic heterocycles. The Bertz CT molecular complexity index is 781. The van der Waals surface area contributed by atoms with E-state index in [-0.39, 0.29) is 29.2 Å². The number of hydrogen-bond acceptors (Lipinski definition) is 3. The topological polar surface area (TPSA) is 75.6 Å². The van der Waals surface area contributed by atoms with Crippen LogP contribution in [0.15, 0.2) is 47.6 Å². The van der Waals surface area contributed by atoms with Gasteiger partial charge in [-0.05, 0) is 29.0 Å². The largest absolute Gasteiger partial charge is 0.478 e. The number of carbonyl (C=O) groups excluding carboxylic acids is 1. The monoisotopic (exact) mass is 361 g/mol. The van der Waals surface area contributed by atoms with Crippen LogP contribution in [0.1, 0.15) is 25.8 Å². The Hall–Kier alpha value is -2.11. The Morgan fingerprint density at radius 3 is 2.72 bits per heavy atom. The minimum atomic E-state index is -0.990. The zero-order chi connectivity index (χ0) is 18.2. The SMILES string of the molecule is CC1(C)C=CC(C(=O)O)=C(Cc2ccccc2Cl)C1C1CC(=O)NO1. The van der Waals surface area contributed by atoms with Gasteiger partial charge in [-0.2, -0.15) is 0 Å². The summed E-state index contributed by atoms with van der Waals surface area (Å²) in [6, 6.07) is 7.38. The number of hydroxylamine groups is 1. The molecule has 2 atom stereocenters. The molecule has 1 aromatic rings. The van der Waals surface area contributed by atoms with Crippen molar-refractivity contribution >= 4 is 23.5 Å². The molecule has 1 aliphatic carbocycles. The Labute approximate surface area is 151 Å². The van der Waals surface area contributed by atoms with Gasteiger partial charge in [0.15, 0.2) is 0 Å². The molecule has 1 amide bonds. The summed E-state index contributed by atoms with van der Waals surface area (Å²) >= 11 is 6.29. The first-order valence-corrected chi connectivity index (χ1v) is 8.51. The smallest absolute Gasteiger partial charge is 0.335 e. The highest BCUT2D eigenvalue weighted by molar-refractivity contribution is 6.31. The molecule has 1 fully saturated rings. The van der Waals surface area contributed by atoms with Crippen molar-refractivity contribution in [3.63, 3.8) is 0 Å². The zero-order valence-corrected chi connectivity index (χ0v) is 14.8. The molecule has 1 saturated heterocycles. The first-order chi connectivity index (χ1) is 11.8. The molecule has 0 aromatic heterocycles. The summed E-state index contributed by atoms with van der Waals surface area (Å²) in [5.41, 5.74) is 3.86. The fourth-order valence-electron chi connectivity index (χ4n) is 3.68. The third-order valence-electron chi connectivity index (χ3n) is 4.85. The lowest BCUT2D eigenvalue weighted by molar-refractivity contribution is -0.132. The van der Waals surface area contributed by atoms with E-state index >= 15 is 0 Å². The Kier molecular flexibility index (Phi) is 4.71. The zero-order valence-electron chi connectivity index (χ0n) is 14.1. The molecule has 5 nitrogen and oxygen atoms in total. The maximum absolute atomic E-state index is 11.8. The lowest BCUT2D eigenvalue weighted by Crippen LogP contribution is -2.38.